The molecule has 0 amide bonds. The predicted molar refractivity (Wildman–Crippen MR) is 117 cm³/mol. The lowest BCUT2D eigenvalue weighted by molar-refractivity contribution is 0.132. The third-order valence-corrected chi connectivity index (χ3v) is 4.62. The van der Waals surface area contributed by atoms with Crippen LogP contribution in [-0.4, -0.2) is 50.6 Å². The highest BCUT2D eigenvalue weighted by atomic mass is 127. The minimum atomic E-state index is 0.413. The molecule has 1 heterocycles. The Kier molecular flexibility index (Phi) is 7.63. The van der Waals surface area contributed by atoms with Crippen LogP contribution in [0.2, 0.25) is 0 Å². The first-order valence-corrected chi connectivity index (χ1v) is 9.84. The highest BCUT2D eigenvalue weighted by Crippen LogP contribution is 2.35. The van der Waals surface area contributed by atoms with Crippen LogP contribution in [0, 0.1) is 3.57 Å². The van der Waals surface area contributed by atoms with Gasteiger partial charge in [0.2, 0.25) is 0 Å². The van der Waals surface area contributed by atoms with Gasteiger partial charge >= 0.3 is 0 Å². The lowest BCUT2D eigenvalue weighted by Gasteiger charge is -2.15. The maximum atomic E-state index is 5.86. The molecule has 0 bridgehead atoms. The molecule has 0 radical (unpaired) electrons. The minimum Gasteiger partial charge on any atom is -0.487 e. The van der Waals surface area contributed by atoms with Gasteiger partial charge in [-0.3, -0.25) is 0 Å². The smallest absolute Gasteiger partial charge is 0.163 e. The second-order valence-corrected chi connectivity index (χ2v) is 7.10. The summed E-state index contributed by atoms with van der Waals surface area (Å²) in [5, 5.41) is 4.19. The Hall–Kier alpha value is -2.17. The summed E-state index contributed by atoms with van der Waals surface area (Å²) < 4.78 is 23.0. The second kappa shape index (κ2) is 10.4. The van der Waals surface area contributed by atoms with Crippen molar-refractivity contribution in [1.82, 2.24) is 9.97 Å². The number of rotatable bonds is 10. The van der Waals surface area contributed by atoms with E-state index in [9.17, 15) is 0 Å². The normalized spacial score (nSPS) is 10.8. The van der Waals surface area contributed by atoms with Crippen LogP contribution in [-0.2, 0) is 9.47 Å². The van der Waals surface area contributed by atoms with Gasteiger partial charge < -0.3 is 24.3 Å². The Morgan fingerprint density at radius 2 is 1.50 bits per heavy atom. The predicted octanol–water partition coefficient (Wildman–Crippen LogP) is 4.03. The number of hydrogen-bond acceptors (Lipinski definition) is 7. The molecule has 148 valence electrons. The van der Waals surface area contributed by atoms with E-state index in [2.05, 4.69) is 37.9 Å². The van der Waals surface area contributed by atoms with E-state index in [-0.39, 0.29) is 0 Å². The maximum Gasteiger partial charge on any atom is 0.163 e. The van der Waals surface area contributed by atoms with Crippen molar-refractivity contribution in [3.8, 4) is 11.5 Å². The molecule has 28 heavy (non-hydrogen) atoms. The third-order valence-electron chi connectivity index (χ3n) is 3.90. The molecule has 2 aromatic carbocycles. The molecule has 3 aromatic rings. The zero-order valence-electron chi connectivity index (χ0n) is 15.8. The maximum absolute atomic E-state index is 5.86. The van der Waals surface area contributed by atoms with E-state index in [1.54, 1.807) is 14.2 Å². The Balaban J connectivity index is 1.94. The molecule has 0 unspecified atom stereocenters. The molecular formula is C20H22IN3O4. The van der Waals surface area contributed by atoms with Crippen LogP contribution >= 0.6 is 22.6 Å². The summed E-state index contributed by atoms with van der Waals surface area (Å²) in [4.78, 5) is 8.78. The number of nitrogens with one attached hydrogen (secondary N) is 1. The molecule has 0 saturated carbocycles. The van der Waals surface area contributed by atoms with Crippen molar-refractivity contribution in [2.75, 3.05) is 46.0 Å². The summed E-state index contributed by atoms with van der Waals surface area (Å²) in [6, 6.07) is 11.8. The fraction of sp³-hybridized carbons (Fsp3) is 0.300. The van der Waals surface area contributed by atoms with E-state index < -0.39 is 0 Å². The van der Waals surface area contributed by atoms with Crippen molar-refractivity contribution in [2.24, 2.45) is 0 Å². The van der Waals surface area contributed by atoms with E-state index in [0.717, 1.165) is 16.6 Å². The topological polar surface area (TPSA) is 74.7 Å². The average Bonchev–Trinajstić information content (AvgIpc) is 2.70. The highest BCUT2D eigenvalue weighted by Gasteiger charge is 2.13. The summed E-state index contributed by atoms with van der Waals surface area (Å²) in [5.41, 5.74) is 1.71. The first-order chi connectivity index (χ1) is 13.7. The zero-order valence-corrected chi connectivity index (χ0v) is 17.9. The van der Waals surface area contributed by atoms with Crippen LogP contribution in [0.25, 0.3) is 10.9 Å². The lowest BCUT2D eigenvalue weighted by atomic mass is 10.2. The van der Waals surface area contributed by atoms with Gasteiger partial charge in [-0.15, -0.1) is 0 Å². The molecule has 7 nitrogen and oxygen atoms in total. The number of anilines is 2. The van der Waals surface area contributed by atoms with E-state index in [4.69, 9.17) is 18.9 Å². The molecule has 0 atom stereocenters. The molecule has 1 aromatic heterocycles. The van der Waals surface area contributed by atoms with Gasteiger partial charge in [0, 0.05) is 34.9 Å². The van der Waals surface area contributed by atoms with Gasteiger partial charge in [-0.25, -0.2) is 9.97 Å². The number of fused-ring (bicyclic) bond motifs is 1. The zero-order chi connectivity index (χ0) is 19.8. The van der Waals surface area contributed by atoms with Gasteiger partial charge in [-0.2, -0.15) is 0 Å². The number of nitrogens with zero attached hydrogens (tertiary/aromatic N) is 2. The number of benzene rings is 2. The molecule has 0 saturated heterocycles. The van der Waals surface area contributed by atoms with E-state index >= 15 is 0 Å². The lowest BCUT2D eigenvalue weighted by Crippen LogP contribution is -2.09. The van der Waals surface area contributed by atoms with Crippen molar-refractivity contribution in [3.63, 3.8) is 0 Å². The van der Waals surface area contributed by atoms with Crippen molar-refractivity contribution in [3.05, 3.63) is 46.3 Å². The Morgan fingerprint density at radius 3 is 2.14 bits per heavy atom. The van der Waals surface area contributed by atoms with Gasteiger partial charge in [0.15, 0.2) is 11.5 Å². The van der Waals surface area contributed by atoms with Gasteiger partial charge in [-0.1, -0.05) is 0 Å². The first kappa shape index (κ1) is 20.6. The summed E-state index contributed by atoms with van der Waals surface area (Å²) in [5.74, 6) is 1.92. The number of hydrogen-bond donors (Lipinski definition) is 1. The van der Waals surface area contributed by atoms with Crippen molar-refractivity contribution in [1.29, 1.82) is 0 Å². The number of aromatic nitrogens is 2. The van der Waals surface area contributed by atoms with Crippen LogP contribution in [0.15, 0.2) is 42.7 Å². The van der Waals surface area contributed by atoms with Crippen molar-refractivity contribution >= 4 is 45.0 Å². The third kappa shape index (κ3) is 5.43. The van der Waals surface area contributed by atoms with Gasteiger partial charge in [0.05, 0.1) is 18.7 Å². The van der Waals surface area contributed by atoms with Gasteiger partial charge in [0.25, 0.3) is 0 Å². The quantitative estimate of drug-likeness (QED) is 0.336. The average molecular weight is 495 g/mol. The van der Waals surface area contributed by atoms with E-state index in [1.807, 2.05) is 36.4 Å². The second-order valence-electron chi connectivity index (χ2n) is 5.85. The van der Waals surface area contributed by atoms with Gasteiger partial charge in [-0.05, 0) is 52.9 Å². The SMILES string of the molecule is COCCOc1cc2ncnc(Nc3ccc(I)cc3)c2cc1OCCOC. The standard InChI is InChI=1S/C20H22IN3O4/c1-25-7-9-27-18-11-16-17(12-19(18)28-10-8-26-2)22-13-23-20(16)24-15-5-3-14(21)4-6-15/h3-6,11-13H,7-10H2,1-2H3,(H,22,23,24). The molecule has 1 N–H and O–H groups in total. The Morgan fingerprint density at radius 1 is 0.857 bits per heavy atom. The van der Waals surface area contributed by atoms with Crippen LogP contribution in [0.4, 0.5) is 11.5 Å². The fourth-order valence-electron chi connectivity index (χ4n) is 2.53. The van der Waals surface area contributed by atoms with Crippen LogP contribution in [0.5, 0.6) is 11.5 Å². The summed E-state index contributed by atoms with van der Waals surface area (Å²) >= 11 is 2.28. The van der Waals surface area contributed by atoms with Crippen LogP contribution in [0.3, 0.4) is 0 Å². The molecule has 8 heteroatoms. The molecule has 0 spiro atoms. The van der Waals surface area contributed by atoms with E-state index in [0.29, 0.717) is 43.7 Å². The van der Waals surface area contributed by atoms with E-state index in [1.165, 1.54) is 9.90 Å². The number of halogens is 1. The number of methoxy groups -OCH3 is 2. The first-order valence-electron chi connectivity index (χ1n) is 8.76. The number of ether oxygens (including phenoxy) is 4. The molecule has 0 fully saturated rings. The molecule has 0 aliphatic rings. The monoisotopic (exact) mass is 495 g/mol. The summed E-state index contributed by atoms with van der Waals surface area (Å²) in [7, 11) is 3.27. The fourth-order valence-corrected chi connectivity index (χ4v) is 2.89. The molecule has 0 aliphatic heterocycles. The summed E-state index contributed by atoms with van der Waals surface area (Å²) in [6.45, 7) is 1.80. The molecular weight excluding hydrogens is 473 g/mol. The van der Waals surface area contributed by atoms with Gasteiger partial charge in [0.1, 0.15) is 25.4 Å². The molecule has 3 rings (SSSR count). The summed E-state index contributed by atoms with van der Waals surface area (Å²) in [6.07, 6.45) is 1.53. The van der Waals surface area contributed by atoms with Crippen molar-refractivity contribution < 1.29 is 18.9 Å². The largest absolute Gasteiger partial charge is 0.487 e. The minimum absolute atomic E-state index is 0.413. The van der Waals surface area contributed by atoms with Crippen LogP contribution < -0.4 is 14.8 Å². The Bertz CT molecular complexity index is 906. The van der Waals surface area contributed by atoms with Crippen LogP contribution in [0.1, 0.15) is 0 Å². The van der Waals surface area contributed by atoms with Crippen molar-refractivity contribution in [2.45, 2.75) is 0 Å². The Labute approximate surface area is 177 Å². The molecule has 0 aliphatic carbocycles. The highest BCUT2D eigenvalue weighted by molar-refractivity contribution is 14.1.